The molecule has 0 unspecified atom stereocenters. The van der Waals surface area contributed by atoms with Crippen molar-refractivity contribution in [2.45, 2.75) is 30.9 Å². The third-order valence-corrected chi connectivity index (χ3v) is 3.69. The average molecular weight is 188 g/mol. The van der Waals surface area contributed by atoms with E-state index in [1.807, 2.05) is 6.07 Å². The molecule has 0 amide bonds. The Morgan fingerprint density at radius 2 is 2.17 bits per heavy atom. The van der Waals surface area contributed by atoms with Crippen LogP contribution in [0.5, 0.6) is 0 Å². The maximum Gasteiger partial charge on any atom is 0.214 e. The van der Waals surface area contributed by atoms with Gasteiger partial charge in [0.2, 0.25) is 10.0 Å². The van der Waals surface area contributed by atoms with Crippen molar-refractivity contribution < 1.29 is 8.42 Å². The van der Waals surface area contributed by atoms with E-state index in [1.54, 1.807) is 0 Å². The average Bonchev–Trinajstić information content (AvgIpc) is 2.80. The minimum atomic E-state index is -3.03. The van der Waals surface area contributed by atoms with Gasteiger partial charge in [0.25, 0.3) is 0 Å². The van der Waals surface area contributed by atoms with Gasteiger partial charge >= 0.3 is 0 Å². The molecule has 0 aromatic rings. The number of nitrogens with one attached hydrogen (secondary N) is 1. The van der Waals surface area contributed by atoms with Crippen LogP contribution in [0.25, 0.3) is 0 Å². The number of hydrogen-bond acceptors (Lipinski definition) is 3. The summed E-state index contributed by atoms with van der Waals surface area (Å²) in [7, 11) is -3.03. The molecule has 0 heterocycles. The normalized spacial score (nSPS) is 17.2. The van der Waals surface area contributed by atoms with E-state index in [1.165, 1.54) is 0 Å². The van der Waals surface area contributed by atoms with Crippen molar-refractivity contribution >= 4 is 10.0 Å². The third kappa shape index (κ3) is 2.80. The van der Waals surface area contributed by atoms with Gasteiger partial charge in [-0.3, -0.25) is 0 Å². The zero-order valence-electron chi connectivity index (χ0n) is 6.78. The Labute approximate surface area is 72.6 Å². The minimum Gasteiger partial charge on any atom is -0.215 e. The van der Waals surface area contributed by atoms with Crippen LogP contribution in [0.4, 0.5) is 0 Å². The molecule has 1 fully saturated rings. The fraction of sp³-hybridized carbons (Fsp3) is 0.857. The smallest absolute Gasteiger partial charge is 0.214 e. The van der Waals surface area contributed by atoms with Crippen molar-refractivity contribution in [1.82, 2.24) is 4.72 Å². The first-order valence-corrected chi connectivity index (χ1v) is 5.57. The summed E-state index contributed by atoms with van der Waals surface area (Å²) in [6.07, 6.45) is 2.58. The van der Waals surface area contributed by atoms with Crippen molar-refractivity contribution in [2.75, 3.05) is 6.54 Å². The molecule has 0 aromatic carbocycles. The van der Waals surface area contributed by atoms with Gasteiger partial charge in [-0.2, -0.15) is 5.26 Å². The fourth-order valence-corrected chi connectivity index (χ4v) is 2.30. The lowest BCUT2D eigenvalue weighted by atomic mass is 10.3. The highest BCUT2D eigenvalue weighted by molar-refractivity contribution is 7.90. The second-order valence-electron chi connectivity index (χ2n) is 2.90. The van der Waals surface area contributed by atoms with Gasteiger partial charge in [0.1, 0.15) is 0 Å². The van der Waals surface area contributed by atoms with Crippen molar-refractivity contribution in [3.63, 3.8) is 0 Å². The van der Waals surface area contributed by atoms with E-state index in [9.17, 15) is 8.42 Å². The molecular formula is C7H12N2O2S. The van der Waals surface area contributed by atoms with Crippen LogP contribution in [0.3, 0.4) is 0 Å². The summed E-state index contributed by atoms with van der Waals surface area (Å²) in [5.41, 5.74) is 0. The van der Waals surface area contributed by atoms with Crippen molar-refractivity contribution in [3.8, 4) is 6.07 Å². The second kappa shape index (κ2) is 3.87. The van der Waals surface area contributed by atoms with Gasteiger partial charge in [-0.15, -0.1) is 0 Å². The molecule has 0 aromatic heterocycles. The first-order valence-electron chi connectivity index (χ1n) is 4.02. The van der Waals surface area contributed by atoms with E-state index in [0.29, 0.717) is 19.4 Å². The monoisotopic (exact) mass is 188 g/mol. The Hall–Kier alpha value is -0.600. The quantitative estimate of drug-likeness (QED) is 0.634. The van der Waals surface area contributed by atoms with Gasteiger partial charge < -0.3 is 0 Å². The van der Waals surface area contributed by atoms with Crippen LogP contribution in [0.1, 0.15) is 25.7 Å². The largest absolute Gasteiger partial charge is 0.215 e. The summed E-state index contributed by atoms with van der Waals surface area (Å²) in [5.74, 6) is 0. The standard InChI is InChI=1S/C7H12N2O2S/c8-5-1-2-6-9-12(10,11)7-3-4-7/h7,9H,1-4,6H2. The zero-order valence-corrected chi connectivity index (χ0v) is 7.60. The van der Waals surface area contributed by atoms with Gasteiger partial charge in [0.05, 0.1) is 11.3 Å². The van der Waals surface area contributed by atoms with Crippen LogP contribution in [0.2, 0.25) is 0 Å². The Morgan fingerprint density at radius 3 is 2.67 bits per heavy atom. The molecule has 0 atom stereocenters. The summed E-state index contributed by atoms with van der Waals surface area (Å²) >= 11 is 0. The van der Waals surface area contributed by atoms with Crippen LogP contribution >= 0.6 is 0 Å². The molecule has 4 nitrogen and oxygen atoms in total. The summed E-state index contributed by atoms with van der Waals surface area (Å²) in [5, 5.41) is 8.04. The highest BCUT2D eigenvalue weighted by Crippen LogP contribution is 2.27. The van der Waals surface area contributed by atoms with Gasteiger partial charge in [-0.05, 0) is 19.3 Å². The second-order valence-corrected chi connectivity index (χ2v) is 4.95. The molecule has 12 heavy (non-hydrogen) atoms. The number of rotatable bonds is 5. The molecule has 1 N–H and O–H groups in total. The highest BCUT2D eigenvalue weighted by Gasteiger charge is 2.34. The summed E-state index contributed by atoms with van der Waals surface area (Å²) in [6, 6.07) is 1.96. The van der Waals surface area contributed by atoms with E-state index in [4.69, 9.17) is 5.26 Å². The van der Waals surface area contributed by atoms with Crippen molar-refractivity contribution in [2.24, 2.45) is 0 Å². The Bertz CT molecular complexity index is 274. The summed E-state index contributed by atoms with van der Waals surface area (Å²) in [6.45, 7) is 0.395. The van der Waals surface area contributed by atoms with E-state index in [2.05, 4.69) is 4.72 Å². The predicted molar refractivity (Wildman–Crippen MR) is 44.8 cm³/mol. The van der Waals surface area contributed by atoms with Crippen molar-refractivity contribution in [1.29, 1.82) is 5.26 Å². The lowest BCUT2D eigenvalue weighted by Gasteiger charge is -2.02. The Balaban J connectivity index is 2.18. The van der Waals surface area contributed by atoms with Crippen molar-refractivity contribution in [3.05, 3.63) is 0 Å². The van der Waals surface area contributed by atoms with Crippen LogP contribution in [-0.4, -0.2) is 20.2 Å². The minimum absolute atomic E-state index is 0.153. The zero-order chi connectivity index (χ0) is 9.03. The van der Waals surface area contributed by atoms with Crippen LogP contribution in [0.15, 0.2) is 0 Å². The Kier molecular flexibility index (Phi) is 3.06. The molecule has 0 radical (unpaired) electrons. The summed E-state index contributed by atoms with van der Waals surface area (Å²) < 4.78 is 24.8. The molecule has 0 aliphatic heterocycles. The molecule has 1 aliphatic carbocycles. The van der Waals surface area contributed by atoms with E-state index in [-0.39, 0.29) is 5.25 Å². The van der Waals surface area contributed by atoms with Gasteiger partial charge in [-0.1, -0.05) is 0 Å². The highest BCUT2D eigenvalue weighted by atomic mass is 32.2. The maximum absolute atomic E-state index is 11.2. The number of nitriles is 1. The lowest BCUT2D eigenvalue weighted by Crippen LogP contribution is -2.27. The molecule has 1 rings (SSSR count). The van der Waals surface area contributed by atoms with E-state index >= 15 is 0 Å². The van der Waals surface area contributed by atoms with E-state index in [0.717, 1.165) is 12.8 Å². The number of sulfonamides is 1. The third-order valence-electron chi connectivity index (χ3n) is 1.73. The van der Waals surface area contributed by atoms with Crippen LogP contribution in [0, 0.1) is 11.3 Å². The predicted octanol–water partition coefficient (Wildman–Crippen LogP) is 0.372. The molecule has 0 bridgehead atoms. The number of unbranched alkanes of at least 4 members (excludes halogenated alkanes) is 1. The maximum atomic E-state index is 11.2. The molecule has 0 saturated heterocycles. The van der Waals surface area contributed by atoms with E-state index < -0.39 is 10.0 Å². The first-order chi connectivity index (χ1) is 5.67. The molecule has 1 aliphatic rings. The van der Waals surface area contributed by atoms with Gasteiger partial charge in [0.15, 0.2) is 0 Å². The van der Waals surface area contributed by atoms with Crippen LogP contribution in [-0.2, 0) is 10.0 Å². The summed E-state index contributed by atoms with van der Waals surface area (Å²) in [4.78, 5) is 0. The SMILES string of the molecule is N#CCCCNS(=O)(=O)C1CC1. The fourth-order valence-electron chi connectivity index (χ4n) is 0.878. The topological polar surface area (TPSA) is 70.0 Å². The van der Waals surface area contributed by atoms with Gasteiger partial charge in [-0.25, -0.2) is 13.1 Å². The molecule has 1 saturated carbocycles. The molecular weight excluding hydrogens is 176 g/mol. The molecule has 0 spiro atoms. The number of hydrogen-bond donors (Lipinski definition) is 1. The van der Waals surface area contributed by atoms with Gasteiger partial charge in [0, 0.05) is 13.0 Å². The first kappa shape index (κ1) is 9.49. The Morgan fingerprint density at radius 1 is 1.50 bits per heavy atom. The number of nitrogens with zero attached hydrogens (tertiary/aromatic N) is 1. The molecule has 68 valence electrons. The molecule has 5 heteroatoms. The van der Waals surface area contributed by atoms with Crippen LogP contribution < -0.4 is 4.72 Å². The lowest BCUT2D eigenvalue weighted by molar-refractivity contribution is 0.578.